The van der Waals surface area contributed by atoms with Gasteiger partial charge in [-0.25, -0.2) is 0 Å². The first-order valence-corrected chi connectivity index (χ1v) is 15.8. The lowest BCUT2D eigenvalue weighted by molar-refractivity contribution is -0.368. The minimum absolute atomic E-state index is 0.0242. The summed E-state index contributed by atoms with van der Waals surface area (Å²) in [7, 11) is 2.86. The van der Waals surface area contributed by atoms with E-state index in [1.165, 1.54) is 25.6 Å². The second kappa shape index (κ2) is 11.6. The van der Waals surface area contributed by atoms with Gasteiger partial charge in [0.2, 0.25) is 12.5 Å². The van der Waals surface area contributed by atoms with E-state index in [1.54, 1.807) is 18.2 Å². The Labute approximate surface area is 267 Å². The van der Waals surface area contributed by atoms with E-state index in [2.05, 4.69) is 0 Å². The number of cyclic esters (lactones) is 1. The number of phenols is 1. The van der Waals surface area contributed by atoms with Crippen LogP contribution in [0, 0.1) is 11.8 Å². The van der Waals surface area contributed by atoms with Crippen LogP contribution in [0.4, 0.5) is 0 Å². The van der Waals surface area contributed by atoms with Gasteiger partial charge in [0, 0.05) is 11.8 Å². The Kier molecular flexibility index (Phi) is 7.48. The molecule has 244 valence electrons. The van der Waals surface area contributed by atoms with Gasteiger partial charge in [-0.15, -0.1) is 11.3 Å². The number of phenolic OH excluding ortho intramolecular Hbond substituents is 1. The molecular formula is C32H32O13S. The summed E-state index contributed by atoms with van der Waals surface area (Å²) in [6, 6.07) is 10.7. The molecule has 8 rings (SSSR count). The van der Waals surface area contributed by atoms with Gasteiger partial charge in [0.15, 0.2) is 35.6 Å². The maximum absolute atomic E-state index is 13.5. The van der Waals surface area contributed by atoms with Crippen LogP contribution in [-0.4, -0.2) is 86.2 Å². The quantitative estimate of drug-likeness (QED) is 0.333. The number of methoxy groups -OCH3 is 2. The summed E-state index contributed by atoms with van der Waals surface area (Å²) < 4.78 is 52.6. The number of esters is 1. The SMILES string of the molecule is COc1cc([C@H]2c3cc4c(cc3[C@@H](OC3O[C@@H]5COC(c6cccs6)O[C@H]5[C@H](O)[C@H]3O)[C@H]3COC(=O)[C@H]23)OCO4)cc(OC)c1O. The molecule has 2 unspecified atom stereocenters. The highest BCUT2D eigenvalue weighted by atomic mass is 32.1. The molecule has 5 aliphatic rings. The van der Waals surface area contributed by atoms with E-state index >= 15 is 0 Å². The first-order chi connectivity index (χ1) is 22.4. The molecule has 0 amide bonds. The van der Waals surface area contributed by atoms with Crippen molar-refractivity contribution >= 4 is 17.3 Å². The molecule has 1 aliphatic carbocycles. The zero-order valence-corrected chi connectivity index (χ0v) is 25.6. The summed E-state index contributed by atoms with van der Waals surface area (Å²) in [5, 5.41) is 35.0. The summed E-state index contributed by atoms with van der Waals surface area (Å²) in [5.41, 5.74) is 2.00. The Morgan fingerprint density at radius 2 is 1.65 bits per heavy atom. The Bertz CT molecular complexity index is 1600. The summed E-state index contributed by atoms with van der Waals surface area (Å²) in [6.07, 6.45) is -7.16. The van der Waals surface area contributed by atoms with Crippen LogP contribution in [-0.2, 0) is 28.5 Å². The maximum Gasteiger partial charge on any atom is 0.310 e. The van der Waals surface area contributed by atoms with E-state index < -0.39 is 66.8 Å². The summed E-state index contributed by atoms with van der Waals surface area (Å²) in [4.78, 5) is 14.3. The van der Waals surface area contributed by atoms with Crippen LogP contribution >= 0.6 is 11.3 Å². The second-order valence-electron chi connectivity index (χ2n) is 11.8. The van der Waals surface area contributed by atoms with E-state index in [-0.39, 0.29) is 37.3 Å². The van der Waals surface area contributed by atoms with Gasteiger partial charge in [-0.05, 0) is 52.4 Å². The van der Waals surface area contributed by atoms with E-state index in [0.717, 1.165) is 4.88 Å². The third-order valence-corrected chi connectivity index (χ3v) is 10.3. The van der Waals surface area contributed by atoms with Gasteiger partial charge >= 0.3 is 5.97 Å². The topological polar surface area (TPSA) is 161 Å². The number of hydrogen-bond donors (Lipinski definition) is 3. The van der Waals surface area contributed by atoms with Crippen LogP contribution < -0.4 is 18.9 Å². The second-order valence-corrected chi connectivity index (χ2v) is 12.7. The molecule has 3 aromatic rings. The monoisotopic (exact) mass is 656 g/mol. The Morgan fingerprint density at radius 1 is 0.913 bits per heavy atom. The number of aliphatic hydroxyl groups excluding tert-OH is 2. The first kappa shape index (κ1) is 29.8. The number of hydrogen-bond acceptors (Lipinski definition) is 14. The normalized spacial score (nSPS) is 34.3. The number of carbonyl (C=O) groups excluding carboxylic acids is 1. The highest BCUT2D eigenvalue weighted by Gasteiger charge is 2.56. The minimum atomic E-state index is -1.47. The molecule has 1 aromatic heterocycles. The molecule has 13 nitrogen and oxygen atoms in total. The van der Waals surface area contributed by atoms with Gasteiger partial charge in [0.25, 0.3) is 0 Å². The Morgan fingerprint density at radius 3 is 2.35 bits per heavy atom. The van der Waals surface area contributed by atoms with Crippen LogP contribution in [0.1, 0.15) is 39.9 Å². The van der Waals surface area contributed by atoms with E-state index in [4.69, 9.17) is 42.6 Å². The van der Waals surface area contributed by atoms with Crippen LogP contribution in [0.25, 0.3) is 0 Å². The largest absolute Gasteiger partial charge is 0.502 e. The molecule has 4 aliphatic heterocycles. The van der Waals surface area contributed by atoms with E-state index in [9.17, 15) is 20.1 Å². The maximum atomic E-state index is 13.5. The number of fused-ring (bicyclic) bond motifs is 4. The third-order valence-electron chi connectivity index (χ3n) is 9.37. The lowest BCUT2D eigenvalue weighted by Crippen LogP contribution is -2.62. The van der Waals surface area contributed by atoms with Crippen molar-refractivity contribution in [3.8, 4) is 28.7 Å². The Balaban J connectivity index is 1.16. The van der Waals surface area contributed by atoms with E-state index in [0.29, 0.717) is 28.2 Å². The Hall–Kier alpha value is -3.63. The predicted octanol–water partition coefficient (Wildman–Crippen LogP) is 2.75. The van der Waals surface area contributed by atoms with Crippen molar-refractivity contribution in [3.63, 3.8) is 0 Å². The van der Waals surface area contributed by atoms with Gasteiger partial charge in [0.05, 0.1) is 44.3 Å². The molecular weight excluding hydrogens is 624 g/mol. The van der Waals surface area contributed by atoms with Crippen molar-refractivity contribution in [1.29, 1.82) is 0 Å². The van der Waals surface area contributed by atoms with Gasteiger partial charge in [0.1, 0.15) is 24.4 Å². The molecule has 0 saturated carbocycles. The number of rotatable bonds is 6. The number of ether oxygens (including phenoxy) is 9. The summed E-state index contributed by atoms with van der Waals surface area (Å²) in [5.74, 6) is -1.08. The van der Waals surface area contributed by atoms with Crippen molar-refractivity contribution in [3.05, 3.63) is 63.3 Å². The number of benzene rings is 2. The molecule has 0 radical (unpaired) electrons. The molecule has 3 fully saturated rings. The number of carbonyl (C=O) groups is 1. The van der Waals surface area contributed by atoms with Crippen LogP contribution in [0.15, 0.2) is 41.8 Å². The number of aromatic hydroxyl groups is 1. The van der Waals surface area contributed by atoms with Gasteiger partial charge in [-0.1, -0.05) is 6.07 Å². The molecule has 3 N–H and O–H groups in total. The van der Waals surface area contributed by atoms with Crippen molar-refractivity contribution in [2.24, 2.45) is 11.8 Å². The fraction of sp³-hybridized carbons (Fsp3) is 0.469. The van der Waals surface area contributed by atoms with Crippen LogP contribution in [0.3, 0.4) is 0 Å². The standard InChI is InChI=1S/C32H32O13S/c1-37-19-6-13(7-20(38-2)25(19)33)23-14-8-17-18(42-12-41-17)9-15(14)28(16-10-39-30(36)24(16)23)44-32-27(35)26(34)29-21(43-32)11-40-31(45-29)22-4-3-5-46-22/h3-9,16,21,23-24,26-29,31-35H,10-12H2,1-2H3/t16-,21+,23-,24-,26+,27+,28+,29+,31?,32?/m0/s1. The van der Waals surface area contributed by atoms with Crippen molar-refractivity contribution < 1.29 is 62.7 Å². The van der Waals surface area contributed by atoms with Crippen molar-refractivity contribution in [2.75, 3.05) is 34.2 Å². The third kappa shape index (κ3) is 4.70. The fourth-order valence-corrected chi connectivity index (χ4v) is 7.89. The van der Waals surface area contributed by atoms with Crippen molar-refractivity contribution in [2.45, 2.75) is 49.0 Å². The van der Waals surface area contributed by atoms with Crippen LogP contribution in [0.2, 0.25) is 0 Å². The molecule has 10 atom stereocenters. The zero-order valence-electron chi connectivity index (χ0n) is 24.8. The molecule has 5 heterocycles. The lowest BCUT2D eigenvalue weighted by atomic mass is 9.66. The van der Waals surface area contributed by atoms with Gasteiger partial charge < -0.3 is 58.0 Å². The van der Waals surface area contributed by atoms with Crippen LogP contribution in [0.5, 0.6) is 28.7 Å². The summed E-state index contributed by atoms with van der Waals surface area (Å²) >= 11 is 1.46. The predicted molar refractivity (Wildman–Crippen MR) is 156 cm³/mol. The highest BCUT2D eigenvalue weighted by molar-refractivity contribution is 7.10. The van der Waals surface area contributed by atoms with Crippen molar-refractivity contribution in [1.82, 2.24) is 0 Å². The fourth-order valence-electron chi connectivity index (χ4n) is 7.18. The molecule has 0 spiro atoms. The first-order valence-electron chi connectivity index (χ1n) is 14.9. The number of thiophene rings is 1. The highest BCUT2D eigenvalue weighted by Crippen LogP contribution is 2.57. The minimum Gasteiger partial charge on any atom is -0.502 e. The average molecular weight is 657 g/mol. The molecule has 2 aromatic carbocycles. The number of aliphatic hydroxyl groups is 2. The van der Waals surface area contributed by atoms with Gasteiger partial charge in [-0.2, -0.15) is 0 Å². The molecule has 46 heavy (non-hydrogen) atoms. The molecule has 3 saturated heterocycles. The van der Waals surface area contributed by atoms with E-state index in [1.807, 2.05) is 23.6 Å². The zero-order chi connectivity index (χ0) is 31.7. The average Bonchev–Trinajstić information content (AvgIpc) is 3.85. The summed E-state index contributed by atoms with van der Waals surface area (Å²) in [6.45, 7) is 0.171. The molecule has 0 bridgehead atoms. The molecule has 14 heteroatoms. The van der Waals surface area contributed by atoms with Gasteiger partial charge in [-0.3, -0.25) is 4.79 Å². The lowest BCUT2D eigenvalue weighted by Gasteiger charge is -2.48. The smallest absolute Gasteiger partial charge is 0.310 e.